The third kappa shape index (κ3) is 1.30. The number of hydrogen-bond donors (Lipinski definition) is 3. The highest BCUT2D eigenvalue weighted by molar-refractivity contribution is 6.09. The van der Waals surface area contributed by atoms with Crippen LogP contribution < -0.4 is 5.32 Å². The van der Waals surface area contributed by atoms with Gasteiger partial charge in [0.25, 0.3) is 0 Å². The Morgan fingerprint density at radius 1 is 1.56 bits per heavy atom. The van der Waals surface area contributed by atoms with Gasteiger partial charge in [-0.15, -0.1) is 0 Å². The lowest BCUT2D eigenvalue weighted by Gasteiger charge is -2.08. The summed E-state index contributed by atoms with van der Waals surface area (Å²) in [5, 5.41) is 14.0. The number of carbonyl (C=O) groups is 1. The van der Waals surface area contributed by atoms with Crippen molar-refractivity contribution in [3.05, 3.63) is 23.4 Å². The first kappa shape index (κ1) is 11.0. The number of H-pyrrole nitrogens is 1. The van der Waals surface area contributed by atoms with E-state index in [1.807, 2.05) is 0 Å². The summed E-state index contributed by atoms with van der Waals surface area (Å²) < 4.78 is 4.78. The maximum Gasteiger partial charge on any atom is 0.340 e. The summed E-state index contributed by atoms with van der Waals surface area (Å²) in [6, 6.07) is 1.69. The van der Waals surface area contributed by atoms with Gasteiger partial charge in [0, 0.05) is 35.8 Å². The number of benzene rings is 1. The highest BCUT2D eigenvalue weighted by atomic mass is 16.5. The Morgan fingerprint density at radius 2 is 2.33 bits per heavy atom. The van der Waals surface area contributed by atoms with Gasteiger partial charge in [-0.1, -0.05) is 6.92 Å². The molecule has 2 heterocycles. The van der Waals surface area contributed by atoms with Crippen molar-refractivity contribution in [3.8, 4) is 5.75 Å². The molecule has 94 valence electrons. The fourth-order valence-corrected chi connectivity index (χ4v) is 2.62. The quantitative estimate of drug-likeness (QED) is 0.674. The lowest BCUT2D eigenvalue weighted by atomic mass is 9.96. The number of aromatic nitrogens is 1. The molecule has 0 spiro atoms. The van der Waals surface area contributed by atoms with E-state index in [1.54, 1.807) is 12.3 Å². The number of aromatic amines is 1. The van der Waals surface area contributed by atoms with Crippen molar-refractivity contribution in [2.45, 2.75) is 12.8 Å². The number of fused-ring (bicyclic) bond motifs is 3. The fourth-order valence-electron chi connectivity index (χ4n) is 2.62. The van der Waals surface area contributed by atoms with Gasteiger partial charge < -0.3 is 20.1 Å². The third-order valence-electron chi connectivity index (χ3n) is 3.47. The Labute approximate surface area is 104 Å². The van der Waals surface area contributed by atoms with Crippen LogP contribution in [-0.2, 0) is 4.74 Å². The van der Waals surface area contributed by atoms with E-state index in [1.165, 1.54) is 7.11 Å². The average Bonchev–Trinajstić information content (AvgIpc) is 2.93. The van der Waals surface area contributed by atoms with Gasteiger partial charge in [0.15, 0.2) is 0 Å². The minimum absolute atomic E-state index is 0.139. The smallest absolute Gasteiger partial charge is 0.340 e. The van der Waals surface area contributed by atoms with Gasteiger partial charge >= 0.3 is 5.97 Å². The number of anilines is 1. The molecule has 1 aromatic heterocycles. The number of phenolic OH excluding ortho intramolecular Hbond substituents is 1. The molecular weight excluding hydrogens is 232 g/mol. The Bertz CT molecular complexity index is 645. The normalized spacial score (nSPS) is 17.6. The molecule has 0 bridgehead atoms. The SMILES string of the molecule is COC(=O)c1c[nH]c2c(O)cc3c(c12)C(C)CN3. The summed E-state index contributed by atoms with van der Waals surface area (Å²) in [6.07, 6.45) is 1.58. The number of hydrogen-bond acceptors (Lipinski definition) is 4. The van der Waals surface area contributed by atoms with Crippen molar-refractivity contribution in [2.75, 3.05) is 19.0 Å². The molecule has 1 unspecified atom stereocenters. The Hall–Kier alpha value is -2.17. The first-order valence-electron chi connectivity index (χ1n) is 5.82. The predicted octanol–water partition coefficient (Wildman–Crippen LogP) is 2.19. The van der Waals surface area contributed by atoms with E-state index in [0.29, 0.717) is 17.0 Å². The van der Waals surface area contributed by atoms with Crippen molar-refractivity contribution in [1.29, 1.82) is 0 Å². The van der Waals surface area contributed by atoms with Crippen LogP contribution in [0, 0.1) is 0 Å². The maximum absolute atomic E-state index is 11.8. The molecule has 18 heavy (non-hydrogen) atoms. The first-order chi connectivity index (χ1) is 8.63. The summed E-state index contributed by atoms with van der Waals surface area (Å²) in [7, 11) is 1.35. The van der Waals surface area contributed by atoms with Gasteiger partial charge in [0.1, 0.15) is 5.75 Å². The van der Waals surface area contributed by atoms with Gasteiger partial charge in [-0.3, -0.25) is 0 Å². The van der Waals surface area contributed by atoms with Gasteiger partial charge in [-0.05, 0) is 5.56 Å². The van der Waals surface area contributed by atoms with Gasteiger partial charge in [0.05, 0.1) is 18.2 Å². The fraction of sp³-hybridized carbons (Fsp3) is 0.308. The minimum Gasteiger partial charge on any atom is -0.506 e. The number of esters is 1. The van der Waals surface area contributed by atoms with Gasteiger partial charge in [-0.25, -0.2) is 4.79 Å². The largest absolute Gasteiger partial charge is 0.506 e. The molecule has 1 aromatic carbocycles. The van der Waals surface area contributed by atoms with E-state index in [0.717, 1.165) is 23.2 Å². The summed E-state index contributed by atoms with van der Waals surface area (Å²) in [5.41, 5.74) is 3.00. The van der Waals surface area contributed by atoms with Crippen LogP contribution in [0.4, 0.5) is 5.69 Å². The van der Waals surface area contributed by atoms with E-state index in [2.05, 4.69) is 17.2 Å². The van der Waals surface area contributed by atoms with Crippen LogP contribution in [0.2, 0.25) is 0 Å². The maximum atomic E-state index is 11.8. The molecule has 0 saturated carbocycles. The van der Waals surface area contributed by atoms with Crippen LogP contribution in [0.3, 0.4) is 0 Å². The molecule has 0 saturated heterocycles. The number of carbonyl (C=O) groups excluding carboxylic acids is 1. The van der Waals surface area contributed by atoms with E-state index >= 15 is 0 Å². The van der Waals surface area contributed by atoms with Crippen molar-refractivity contribution in [1.82, 2.24) is 4.98 Å². The molecule has 5 nitrogen and oxygen atoms in total. The molecule has 1 aliphatic rings. The minimum atomic E-state index is -0.395. The van der Waals surface area contributed by atoms with Crippen molar-refractivity contribution in [3.63, 3.8) is 0 Å². The van der Waals surface area contributed by atoms with Crippen molar-refractivity contribution in [2.24, 2.45) is 0 Å². The molecule has 2 aromatic rings. The lowest BCUT2D eigenvalue weighted by molar-refractivity contribution is 0.0603. The van der Waals surface area contributed by atoms with Crippen molar-refractivity contribution < 1.29 is 14.6 Å². The standard InChI is InChI=1S/C13H14N2O3/c1-6-4-14-8-3-9(16)12-11(10(6)8)7(5-15-12)13(17)18-2/h3,5-6,14-16H,4H2,1-2H3. The van der Waals surface area contributed by atoms with Crippen LogP contribution in [0.5, 0.6) is 5.75 Å². The number of nitrogens with one attached hydrogen (secondary N) is 2. The second-order valence-corrected chi connectivity index (χ2v) is 4.58. The summed E-state index contributed by atoms with van der Waals surface area (Å²) in [5.74, 6) is 0.0379. The second-order valence-electron chi connectivity index (χ2n) is 4.58. The lowest BCUT2D eigenvalue weighted by Crippen LogP contribution is -2.01. The summed E-state index contributed by atoms with van der Waals surface area (Å²) >= 11 is 0. The molecule has 0 aliphatic carbocycles. The first-order valence-corrected chi connectivity index (χ1v) is 5.82. The molecule has 3 N–H and O–H groups in total. The third-order valence-corrected chi connectivity index (χ3v) is 3.47. The number of aromatic hydroxyl groups is 1. The van der Waals surface area contributed by atoms with E-state index < -0.39 is 5.97 Å². The van der Waals surface area contributed by atoms with Gasteiger partial charge in [-0.2, -0.15) is 0 Å². The van der Waals surface area contributed by atoms with E-state index in [9.17, 15) is 9.90 Å². The molecule has 5 heteroatoms. The van der Waals surface area contributed by atoms with E-state index in [-0.39, 0.29) is 5.75 Å². The molecule has 0 fully saturated rings. The zero-order chi connectivity index (χ0) is 12.9. The van der Waals surface area contributed by atoms with Gasteiger partial charge in [0.2, 0.25) is 0 Å². The molecule has 0 amide bonds. The summed E-state index contributed by atoms with van der Waals surface area (Å²) in [6.45, 7) is 2.89. The zero-order valence-corrected chi connectivity index (χ0v) is 10.2. The molecule has 0 radical (unpaired) electrons. The molecule has 1 aliphatic heterocycles. The molecular formula is C13H14N2O3. The van der Waals surface area contributed by atoms with Crippen LogP contribution in [0.25, 0.3) is 10.9 Å². The Morgan fingerprint density at radius 3 is 3.06 bits per heavy atom. The molecule has 1 atom stereocenters. The van der Waals surface area contributed by atoms with Crippen LogP contribution >= 0.6 is 0 Å². The highest BCUT2D eigenvalue weighted by Gasteiger charge is 2.27. The number of ether oxygens (including phenoxy) is 1. The number of rotatable bonds is 1. The predicted molar refractivity (Wildman–Crippen MR) is 68.2 cm³/mol. The second kappa shape index (κ2) is 3.66. The van der Waals surface area contributed by atoms with E-state index in [4.69, 9.17) is 4.74 Å². The monoisotopic (exact) mass is 246 g/mol. The summed E-state index contributed by atoms with van der Waals surface area (Å²) in [4.78, 5) is 14.7. The Kier molecular flexibility index (Phi) is 2.23. The average molecular weight is 246 g/mol. The van der Waals surface area contributed by atoms with Crippen molar-refractivity contribution >= 4 is 22.6 Å². The topological polar surface area (TPSA) is 74.4 Å². The highest BCUT2D eigenvalue weighted by Crippen LogP contribution is 2.42. The number of phenols is 1. The van der Waals surface area contributed by atoms with Crippen LogP contribution in [0.15, 0.2) is 12.3 Å². The Balaban J connectivity index is 2.39. The van der Waals surface area contributed by atoms with Crippen LogP contribution in [0.1, 0.15) is 28.8 Å². The molecule has 3 rings (SSSR count). The van der Waals surface area contributed by atoms with Crippen LogP contribution in [-0.4, -0.2) is 29.7 Å². The number of methoxy groups -OCH3 is 1. The zero-order valence-electron chi connectivity index (χ0n) is 10.2.